The fraction of sp³-hybridized carbons (Fsp3) is 0. The first kappa shape index (κ1) is 16.8. The van der Waals surface area contributed by atoms with Gasteiger partial charge in [0.05, 0.1) is 15.9 Å². The van der Waals surface area contributed by atoms with E-state index < -0.39 is 11.8 Å². The Bertz CT molecular complexity index is 1060. The second-order valence-electron chi connectivity index (χ2n) is 5.45. The van der Waals surface area contributed by atoms with Crippen LogP contribution in [0.15, 0.2) is 54.1 Å². The first-order valence-corrected chi connectivity index (χ1v) is 9.16. The summed E-state index contributed by atoms with van der Waals surface area (Å²) in [6.45, 7) is 0. The van der Waals surface area contributed by atoms with Crippen LogP contribution in [0, 0.1) is 0 Å². The van der Waals surface area contributed by atoms with Crippen molar-refractivity contribution in [1.82, 2.24) is 10.3 Å². The van der Waals surface area contributed by atoms with Crippen molar-refractivity contribution in [2.75, 3.05) is 4.90 Å². The maximum absolute atomic E-state index is 12.9. The number of carbonyl (C=O) groups excluding carboxylic acids is 2. The van der Waals surface area contributed by atoms with E-state index in [0.29, 0.717) is 15.7 Å². The van der Waals surface area contributed by atoms with Crippen molar-refractivity contribution < 1.29 is 9.59 Å². The molecule has 4 rings (SSSR count). The van der Waals surface area contributed by atoms with Crippen molar-refractivity contribution in [2.24, 2.45) is 0 Å². The van der Waals surface area contributed by atoms with Crippen LogP contribution in [0.5, 0.6) is 0 Å². The number of carbonyl (C=O) groups is 2. The predicted octanol–water partition coefficient (Wildman–Crippen LogP) is 3.78. The van der Waals surface area contributed by atoms with E-state index in [1.165, 1.54) is 22.3 Å². The number of fused-ring (bicyclic) bond motifs is 1. The van der Waals surface area contributed by atoms with Crippen molar-refractivity contribution in [2.45, 2.75) is 0 Å². The molecule has 8 heteroatoms. The van der Waals surface area contributed by atoms with Gasteiger partial charge in [0.2, 0.25) is 0 Å². The molecule has 26 heavy (non-hydrogen) atoms. The summed E-state index contributed by atoms with van der Waals surface area (Å²) >= 11 is 12.5. The molecule has 1 aliphatic rings. The Morgan fingerprint density at radius 2 is 1.85 bits per heavy atom. The minimum atomic E-state index is -0.538. The summed E-state index contributed by atoms with van der Waals surface area (Å²) in [7, 11) is 0. The molecule has 0 saturated carbocycles. The second kappa shape index (κ2) is 6.60. The van der Waals surface area contributed by atoms with Gasteiger partial charge in [-0.2, -0.15) is 0 Å². The number of thiocarbonyl (C=S) groups is 1. The lowest BCUT2D eigenvalue weighted by Gasteiger charge is -2.28. The molecule has 1 saturated heterocycles. The largest absolute Gasteiger partial charge is 0.298 e. The summed E-state index contributed by atoms with van der Waals surface area (Å²) in [4.78, 5) is 30.9. The van der Waals surface area contributed by atoms with Crippen LogP contribution >= 0.6 is 35.2 Å². The molecule has 128 valence electrons. The average Bonchev–Trinajstić information content (AvgIpc) is 3.03. The molecular weight excluding hydrogens is 390 g/mol. The van der Waals surface area contributed by atoms with Gasteiger partial charge in [-0.1, -0.05) is 23.7 Å². The third-order valence-electron chi connectivity index (χ3n) is 3.76. The first-order valence-electron chi connectivity index (χ1n) is 7.55. The molecule has 0 atom stereocenters. The van der Waals surface area contributed by atoms with E-state index in [9.17, 15) is 9.59 Å². The van der Waals surface area contributed by atoms with E-state index in [4.69, 9.17) is 23.8 Å². The van der Waals surface area contributed by atoms with Crippen LogP contribution in [-0.2, 0) is 9.59 Å². The topological polar surface area (TPSA) is 62.3 Å². The minimum absolute atomic E-state index is 0.0207. The lowest BCUT2D eigenvalue weighted by atomic mass is 10.1. The number of benzene rings is 2. The number of anilines is 1. The van der Waals surface area contributed by atoms with Crippen LogP contribution < -0.4 is 10.2 Å². The average molecular weight is 400 g/mol. The highest BCUT2D eigenvalue weighted by Crippen LogP contribution is 2.26. The summed E-state index contributed by atoms with van der Waals surface area (Å²) in [6, 6.07) is 14.3. The Morgan fingerprint density at radius 1 is 1.12 bits per heavy atom. The molecule has 2 aromatic carbocycles. The van der Waals surface area contributed by atoms with Gasteiger partial charge in [-0.05, 0) is 54.7 Å². The number of amides is 2. The molecule has 0 unspecified atom stereocenters. The fourth-order valence-electron chi connectivity index (χ4n) is 2.56. The molecule has 0 spiro atoms. The van der Waals surface area contributed by atoms with Gasteiger partial charge >= 0.3 is 0 Å². The first-order chi connectivity index (χ1) is 12.5. The van der Waals surface area contributed by atoms with Gasteiger partial charge in [-0.3, -0.25) is 19.8 Å². The quantitative estimate of drug-likeness (QED) is 0.404. The van der Waals surface area contributed by atoms with Gasteiger partial charge in [0, 0.05) is 5.02 Å². The zero-order chi connectivity index (χ0) is 18.3. The smallest absolute Gasteiger partial charge is 0.270 e. The molecule has 3 aromatic rings. The maximum Gasteiger partial charge on any atom is 0.270 e. The van der Waals surface area contributed by atoms with Crippen LogP contribution in [0.4, 0.5) is 5.69 Å². The lowest BCUT2D eigenvalue weighted by molar-refractivity contribution is -0.122. The molecule has 0 radical (unpaired) electrons. The van der Waals surface area contributed by atoms with Crippen molar-refractivity contribution in [3.63, 3.8) is 0 Å². The molecular formula is C18H10ClN3O2S2. The van der Waals surface area contributed by atoms with Crippen LogP contribution in [0.25, 0.3) is 16.3 Å². The van der Waals surface area contributed by atoms with Crippen molar-refractivity contribution >= 4 is 74.1 Å². The van der Waals surface area contributed by atoms with Crippen molar-refractivity contribution in [1.29, 1.82) is 0 Å². The second-order valence-corrected chi connectivity index (χ2v) is 7.34. The van der Waals surface area contributed by atoms with Crippen molar-refractivity contribution in [3.8, 4) is 0 Å². The minimum Gasteiger partial charge on any atom is -0.298 e. The molecule has 1 aromatic heterocycles. The van der Waals surface area contributed by atoms with Gasteiger partial charge in [-0.25, -0.2) is 4.98 Å². The SMILES string of the molecule is O=C1NC(=S)N(c2ccc(Cl)cc2)C(=O)C1=Cc1nc2ccccc2s1. The highest BCUT2D eigenvalue weighted by Gasteiger charge is 2.34. The number of aromatic nitrogens is 1. The molecule has 5 nitrogen and oxygen atoms in total. The van der Waals surface area contributed by atoms with E-state index >= 15 is 0 Å². The highest BCUT2D eigenvalue weighted by atomic mass is 35.5. The summed E-state index contributed by atoms with van der Waals surface area (Å²) in [6.07, 6.45) is 1.49. The normalized spacial score (nSPS) is 16.4. The molecule has 2 amide bonds. The third kappa shape index (κ3) is 3.01. The van der Waals surface area contributed by atoms with E-state index in [-0.39, 0.29) is 10.7 Å². The summed E-state index contributed by atoms with van der Waals surface area (Å²) in [5, 5.41) is 3.70. The van der Waals surface area contributed by atoms with E-state index in [0.717, 1.165) is 10.2 Å². The molecule has 1 fully saturated rings. The molecule has 2 heterocycles. The number of halogens is 1. The maximum atomic E-state index is 12.9. The molecule has 0 bridgehead atoms. The number of para-hydroxylation sites is 1. The van der Waals surface area contributed by atoms with E-state index in [1.807, 2.05) is 24.3 Å². The lowest BCUT2D eigenvalue weighted by Crippen LogP contribution is -2.54. The van der Waals surface area contributed by atoms with E-state index in [1.54, 1.807) is 24.3 Å². The standard InChI is InChI=1S/C18H10ClN3O2S2/c19-10-5-7-11(8-6-10)22-17(24)12(16(23)21-18(22)25)9-15-20-13-3-1-2-4-14(13)26-15/h1-9H,(H,21,23,25). The van der Waals surface area contributed by atoms with Crippen molar-refractivity contribution in [3.05, 3.63) is 64.1 Å². The highest BCUT2D eigenvalue weighted by molar-refractivity contribution is 7.80. The van der Waals surface area contributed by atoms with Crippen LogP contribution in [0.1, 0.15) is 5.01 Å². The third-order valence-corrected chi connectivity index (χ3v) is 5.28. The Kier molecular flexibility index (Phi) is 4.28. The van der Waals surface area contributed by atoms with Gasteiger partial charge < -0.3 is 0 Å². The summed E-state index contributed by atoms with van der Waals surface area (Å²) in [5.41, 5.74) is 1.32. The van der Waals surface area contributed by atoms with Crippen LogP contribution in [0.3, 0.4) is 0 Å². The number of rotatable bonds is 2. The summed E-state index contributed by atoms with van der Waals surface area (Å²) in [5.74, 6) is -1.04. The zero-order valence-electron chi connectivity index (χ0n) is 13.1. The van der Waals surface area contributed by atoms with Crippen LogP contribution in [-0.4, -0.2) is 21.9 Å². The van der Waals surface area contributed by atoms with Gasteiger partial charge in [0.1, 0.15) is 10.6 Å². The Hall–Kier alpha value is -2.61. The number of hydrogen-bond acceptors (Lipinski definition) is 5. The Labute approximate surface area is 162 Å². The molecule has 1 N–H and O–H groups in total. The monoisotopic (exact) mass is 399 g/mol. The molecule has 0 aliphatic carbocycles. The zero-order valence-corrected chi connectivity index (χ0v) is 15.5. The summed E-state index contributed by atoms with van der Waals surface area (Å²) < 4.78 is 0.980. The van der Waals surface area contributed by atoms with Gasteiger partial charge in [0.25, 0.3) is 11.8 Å². The van der Waals surface area contributed by atoms with Gasteiger partial charge in [0.15, 0.2) is 5.11 Å². The number of nitrogens with one attached hydrogen (secondary N) is 1. The fourth-order valence-corrected chi connectivity index (χ4v) is 3.88. The van der Waals surface area contributed by atoms with E-state index in [2.05, 4.69) is 10.3 Å². The Morgan fingerprint density at radius 3 is 2.58 bits per heavy atom. The van der Waals surface area contributed by atoms with Gasteiger partial charge in [-0.15, -0.1) is 11.3 Å². The Balaban J connectivity index is 1.75. The predicted molar refractivity (Wildman–Crippen MR) is 107 cm³/mol. The van der Waals surface area contributed by atoms with Crippen LogP contribution in [0.2, 0.25) is 5.02 Å². The molecule has 1 aliphatic heterocycles. The number of nitrogens with zero attached hydrogens (tertiary/aromatic N) is 2. The number of thiazole rings is 1. The number of hydrogen-bond donors (Lipinski definition) is 1.